The minimum absolute atomic E-state index is 0.0287. The van der Waals surface area contributed by atoms with Gasteiger partial charge in [0.05, 0.1) is 11.4 Å². The van der Waals surface area contributed by atoms with Crippen molar-refractivity contribution >= 4 is 17.3 Å². The predicted molar refractivity (Wildman–Crippen MR) is 71.7 cm³/mol. The molecule has 1 atom stereocenters. The molecule has 0 radical (unpaired) electrons. The quantitative estimate of drug-likeness (QED) is 0.703. The number of nitrogens with two attached hydrogens (primary N) is 1. The van der Waals surface area contributed by atoms with Gasteiger partial charge in [-0.15, -0.1) is 0 Å². The number of anilines is 2. The molecule has 18 heavy (non-hydrogen) atoms. The molecule has 0 saturated carbocycles. The topological polar surface area (TPSA) is 67.2 Å². The number of carbonyl (C=O) groups is 1. The summed E-state index contributed by atoms with van der Waals surface area (Å²) in [6.07, 6.45) is 0. The van der Waals surface area contributed by atoms with E-state index in [0.29, 0.717) is 18.2 Å². The van der Waals surface area contributed by atoms with Crippen LogP contribution >= 0.6 is 0 Å². The molecule has 4 nitrogen and oxygen atoms in total. The van der Waals surface area contributed by atoms with Crippen LogP contribution in [0.3, 0.4) is 0 Å². The Hall–Kier alpha value is -1.78. The fourth-order valence-corrected chi connectivity index (χ4v) is 1.42. The Morgan fingerprint density at radius 1 is 1.39 bits per heavy atom. The number of nitrogen functional groups attached to an aromatic ring is 1. The van der Waals surface area contributed by atoms with Gasteiger partial charge in [0, 0.05) is 6.54 Å². The monoisotopic (exact) mass is 253 g/mol. The minimum Gasteiger partial charge on any atom is -0.395 e. The van der Waals surface area contributed by atoms with E-state index < -0.39 is 11.9 Å². The van der Waals surface area contributed by atoms with Gasteiger partial charge >= 0.3 is 0 Å². The molecular weight excluding hydrogens is 233 g/mol. The van der Waals surface area contributed by atoms with Crippen LogP contribution in [0.4, 0.5) is 15.8 Å². The number of hydrogen-bond acceptors (Lipinski definition) is 3. The fourth-order valence-electron chi connectivity index (χ4n) is 1.42. The van der Waals surface area contributed by atoms with Gasteiger partial charge < -0.3 is 16.4 Å². The lowest BCUT2D eigenvalue weighted by Crippen LogP contribution is -2.39. The van der Waals surface area contributed by atoms with Crippen molar-refractivity contribution in [3.63, 3.8) is 0 Å². The van der Waals surface area contributed by atoms with Crippen LogP contribution < -0.4 is 16.4 Å². The SMILES string of the molecule is CC(C)CNC(=O)C(C)Nc1cccc(F)c1N. The van der Waals surface area contributed by atoms with E-state index >= 15 is 0 Å². The maximum absolute atomic E-state index is 13.2. The van der Waals surface area contributed by atoms with Crippen LogP contribution in [0.2, 0.25) is 0 Å². The number of para-hydroxylation sites is 1. The van der Waals surface area contributed by atoms with Crippen LogP contribution in [-0.4, -0.2) is 18.5 Å². The van der Waals surface area contributed by atoms with Crippen molar-refractivity contribution in [2.24, 2.45) is 5.92 Å². The number of nitrogens with one attached hydrogen (secondary N) is 2. The Labute approximate surface area is 107 Å². The van der Waals surface area contributed by atoms with Gasteiger partial charge in [-0.1, -0.05) is 19.9 Å². The third kappa shape index (κ3) is 3.91. The van der Waals surface area contributed by atoms with Crippen LogP contribution in [0.5, 0.6) is 0 Å². The van der Waals surface area contributed by atoms with E-state index in [-0.39, 0.29) is 11.6 Å². The van der Waals surface area contributed by atoms with E-state index in [9.17, 15) is 9.18 Å². The second-order valence-corrected chi connectivity index (χ2v) is 4.71. The third-order valence-electron chi connectivity index (χ3n) is 2.50. The molecule has 1 amide bonds. The van der Waals surface area contributed by atoms with E-state index in [0.717, 1.165) is 0 Å². The van der Waals surface area contributed by atoms with E-state index in [4.69, 9.17) is 5.73 Å². The molecule has 0 spiro atoms. The highest BCUT2D eigenvalue weighted by Gasteiger charge is 2.14. The Balaban J connectivity index is 2.61. The number of benzene rings is 1. The summed E-state index contributed by atoms with van der Waals surface area (Å²) in [4.78, 5) is 11.7. The van der Waals surface area contributed by atoms with E-state index in [1.807, 2.05) is 13.8 Å². The Morgan fingerprint density at radius 3 is 2.67 bits per heavy atom. The molecule has 1 unspecified atom stereocenters. The number of halogens is 1. The summed E-state index contributed by atoms with van der Waals surface area (Å²) < 4.78 is 13.2. The second kappa shape index (κ2) is 6.23. The van der Waals surface area contributed by atoms with E-state index in [1.54, 1.807) is 19.1 Å². The first kappa shape index (κ1) is 14.3. The third-order valence-corrected chi connectivity index (χ3v) is 2.50. The molecule has 0 heterocycles. The van der Waals surface area contributed by atoms with Crippen LogP contribution in [0, 0.1) is 11.7 Å². The van der Waals surface area contributed by atoms with Crippen molar-refractivity contribution in [3.05, 3.63) is 24.0 Å². The first-order valence-corrected chi connectivity index (χ1v) is 6.00. The zero-order valence-corrected chi connectivity index (χ0v) is 11.0. The second-order valence-electron chi connectivity index (χ2n) is 4.71. The summed E-state index contributed by atoms with van der Waals surface area (Å²) in [5.74, 6) is -0.234. The summed E-state index contributed by atoms with van der Waals surface area (Å²) >= 11 is 0. The number of rotatable bonds is 5. The summed E-state index contributed by atoms with van der Waals surface area (Å²) in [5, 5.41) is 5.70. The lowest BCUT2D eigenvalue weighted by Gasteiger charge is -2.17. The van der Waals surface area contributed by atoms with Crippen LogP contribution in [0.25, 0.3) is 0 Å². The van der Waals surface area contributed by atoms with Crippen molar-refractivity contribution in [1.82, 2.24) is 5.32 Å². The molecule has 0 aliphatic carbocycles. The molecule has 1 aromatic rings. The fraction of sp³-hybridized carbons (Fsp3) is 0.462. The van der Waals surface area contributed by atoms with E-state index in [2.05, 4.69) is 10.6 Å². The molecule has 4 N–H and O–H groups in total. The maximum Gasteiger partial charge on any atom is 0.242 e. The van der Waals surface area contributed by atoms with Gasteiger partial charge in [-0.05, 0) is 25.0 Å². The minimum atomic E-state index is -0.491. The zero-order chi connectivity index (χ0) is 13.7. The molecule has 0 fully saturated rings. The molecule has 1 aromatic carbocycles. The van der Waals surface area contributed by atoms with Gasteiger partial charge in [0.2, 0.25) is 5.91 Å². The molecular formula is C13H20FN3O. The van der Waals surface area contributed by atoms with Gasteiger partial charge in [-0.3, -0.25) is 4.79 Å². The van der Waals surface area contributed by atoms with Crippen molar-refractivity contribution in [1.29, 1.82) is 0 Å². The molecule has 0 aromatic heterocycles. The molecule has 0 saturated heterocycles. The Morgan fingerprint density at radius 2 is 2.06 bits per heavy atom. The Kier molecular flexibility index (Phi) is 4.95. The zero-order valence-electron chi connectivity index (χ0n) is 11.0. The lowest BCUT2D eigenvalue weighted by atomic mass is 10.2. The summed E-state index contributed by atoms with van der Waals surface area (Å²) in [5.41, 5.74) is 6.05. The molecule has 100 valence electrons. The smallest absolute Gasteiger partial charge is 0.242 e. The van der Waals surface area contributed by atoms with Gasteiger partial charge in [-0.25, -0.2) is 4.39 Å². The van der Waals surface area contributed by atoms with Gasteiger partial charge in [0.1, 0.15) is 11.9 Å². The number of hydrogen-bond donors (Lipinski definition) is 3. The standard InChI is InChI=1S/C13H20FN3O/c1-8(2)7-16-13(18)9(3)17-11-6-4-5-10(14)12(11)15/h4-6,8-9,17H,7,15H2,1-3H3,(H,16,18). The molecule has 0 bridgehead atoms. The molecule has 5 heteroatoms. The lowest BCUT2D eigenvalue weighted by molar-refractivity contribution is -0.121. The van der Waals surface area contributed by atoms with Gasteiger partial charge in [0.25, 0.3) is 0 Å². The van der Waals surface area contributed by atoms with Crippen molar-refractivity contribution < 1.29 is 9.18 Å². The first-order chi connectivity index (χ1) is 8.41. The summed E-state index contributed by atoms with van der Waals surface area (Å²) in [6.45, 7) is 6.36. The predicted octanol–water partition coefficient (Wildman–Crippen LogP) is 1.98. The normalized spacial score (nSPS) is 12.3. The van der Waals surface area contributed by atoms with Crippen molar-refractivity contribution in [3.8, 4) is 0 Å². The highest BCUT2D eigenvalue weighted by atomic mass is 19.1. The Bertz CT molecular complexity index is 421. The van der Waals surface area contributed by atoms with Crippen LogP contribution in [-0.2, 0) is 4.79 Å². The molecule has 1 rings (SSSR count). The highest BCUT2D eigenvalue weighted by Crippen LogP contribution is 2.21. The average Bonchev–Trinajstić information content (AvgIpc) is 2.31. The van der Waals surface area contributed by atoms with Crippen LogP contribution in [0.15, 0.2) is 18.2 Å². The first-order valence-electron chi connectivity index (χ1n) is 6.00. The van der Waals surface area contributed by atoms with Crippen molar-refractivity contribution in [2.75, 3.05) is 17.6 Å². The van der Waals surface area contributed by atoms with Gasteiger partial charge in [0.15, 0.2) is 0 Å². The highest BCUT2D eigenvalue weighted by molar-refractivity contribution is 5.85. The molecule has 0 aliphatic heterocycles. The van der Waals surface area contributed by atoms with Crippen LogP contribution in [0.1, 0.15) is 20.8 Å². The van der Waals surface area contributed by atoms with E-state index in [1.165, 1.54) is 6.07 Å². The van der Waals surface area contributed by atoms with Gasteiger partial charge in [-0.2, -0.15) is 0 Å². The summed E-state index contributed by atoms with van der Waals surface area (Å²) in [7, 11) is 0. The summed E-state index contributed by atoms with van der Waals surface area (Å²) in [6, 6.07) is 4.01. The molecule has 0 aliphatic rings. The number of amides is 1. The maximum atomic E-state index is 13.2. The largest absolute Gasteiger partial charge is 0.395 e. The number of carbonyl (C=O) groups excluding carboxylic acids is 1. The average molecular weight is 253 g/mol. The van der Waals surface area contributed by atoms with Crippen molar-refractivity contribution in [2.45, 2.75) is 26.8 Å².